The summed E-state index contributed by atoms with van der Waals surface area (Å²) < 4.78 is 5.08. The monoisotopic (exact) mass is 306 g/mol. The standard InChI is InChI=1S/C17H26N2O3/c1-12(2)15(19-16(20)14-10-7-11-22-14)17(21)18-13-8-5-3-4-6-9-13/h7,10-13,15H,3-6,8-9H2,1-2H3,(H,18,21)(H,19,20)/t15-/m1/s1. The summed E-state index contributed by atoms with van der Waals surface area (Å²) in [4.78, 5) is 24.6. The topological polar surface area (TPSA) is 71.3 Å². The van der Waals surface area contributed by atoms with Crippen LogP contribution in [0, 0.1) is 5.92 Å². The Bertz CT molecular complexity index is 474. The molecule has 0 spiro atoms. The van der Waals surface area contributed by atoms with Crippen molar-refractivity contribution in [3.8, 4) is 0 Å². The molecule has 2 amide bonds. The van der Waals surface area contributed by atoms with Crippen molar-refractivity contribution in [1.29, 1.82) is 0 Å². The molecule has 22 heavy (non-hydrogen) atoms. The van der Waals surface area contributed by atoms with Crippen LogP contribution in [0.2, 0.25) is 0 Å². The highest BCUT2D eigenvalue weighted by molar-refractivity contribution is 5.95. The van der Waals surface area contributed by atoms with Crippen molar-refractivity contribution in [2.45, 2.75) is 64.5 Å². The van der Waals surface area contributed by atoms with E-state index in [1.54, 1.807) is 12.1 Å². The zero-order chi connectivity index (χ0) is 15.9. The molecule has 1 fully saturated rings. The summed E-state index contributed by atoms with van der Waals surface area (Å²) in [5.74, 6) is -0.195. The first-order valence-corrected chi connectivity index (χ1v) is 8.22. The van der Waals surface area contributed by atoms with Crippen molar-refractivity contribution in [1.82, 2.24) is 10.6 Å². The van der Waals surface area contributed by atoms with E-state index in [1.165, 1.54) is 19.1 Å². The van der Waals surface area contributed by atoms with Crippen molar-refractivity contribution < 1.29 is 14.0 Å². The van der Waals surface area contributed by atoms with Crippen molar-refractivity contribution >= 4 is 11.8 Å². The van der Waals surface area contributed by atoms with Crippen LogP contribution in [0.25, 0.3) is 0 Å². The maximum atomic E-state index is 12.5. The maximum absolute atomic E-state index is 12.5. The molecule has 1 aliphatic rings. The Labute approximate surface area is 131 Å². The zero-order valence-electron chi connectivity index (χ0n) is 13.4. The number of carbonyl (C=O) groups is 2. The summed E-state index contributed by atoms with van der Waals surface area (Å²) in [6.45, 7) is 3.86. The van der Waals surface area contributed by atoms with Crippen LogP contribution in [0.15, 0.2) is 22.8 Å². The van der Waals surface area contributed by atoms with E-state index in [9.17, 15) is 9.59 Å². The minimum Gasteiger partial charge on any atom is -0.459 e. The predicted octanol–water partition coefficient (Wildman–Crippen LogP) is 2.87. The molecular weight excluding hydrogens is 280 g/mol. The van der Waals surface area contributed by atoms with Gasteiger partial charge in [0.2, 0.25) is 5.91 Å². The lowest BCUT2D eigenvalue weighted by Crippen LogP contribution is -2.52. The fourth-order valence-corrected chi connectivity index (χ4v) is 2.87. The van der Waals surface area contributed by atoms with Crippen molar-refractivity contribution in [3.05, 3.63) is 24.2 Å². The van der Waals surface area contributed by atoms with Gasteiger partial charge in [0.15, 0.2) is 5.76 Å². The first kappa shape index (κ1) is 16.6. The van der Waals surface area contributed by atoms with E-state index in [4.69, 9.17) is 4.42 Å². The van der Waals surface area contributed by atoms with E-state index < -0.39 is 6.04 Å². The second-order valence-corrected chi connectivity index (χ2v) is 6.37. The second-order valence-electron chi connectivity index (χ2n) is 6.37. The van der Waals surface area contributed by atoms with Gasteiger partial charge in [-0.25, -0.2) is 0 Å². The van der Waals surface area contributed by atoms with E-state index in [0.717, 1.165) is 25.7 Å². The Morgan fingerprint density at radius 2 is 1.86 bits per heavy atom. The third-order valence-electron chi connectivity index (χ3n) is 4.18. The predicted molar refractivity (Wildman–Crippen MR) is 84.4 cm³/mol. The highest BCUT2D eigenvalue weighted by atomic mass is 16.3. The van der Waals surface area contributed by atoms with E-state index >= 15 is 0 Å². The summed E-state index contributed by atoms with van der Waals surface area (Å²) >= 11 is 0. The average molecular weight is 306 g/mol. The summed E-state index contributed by atoms with van der Waals surface area (Å²) in [5.41, 5.74) is 0. The fraction of sp³-hybridized carbons (Fsp3) is 0.647. The van der Waals surface area contributed by atoms with Crippen molar-refractivity contribution in [2.24, 2.45) is 5.92 Å². The fourth-order valence-electron chi connectivity index (χ4n) is 2.87. The molecule has 0 aliphatic heterocycles. The van der Waals surface area contributed by atoms with Crippen LogP contribution in [-0.2, 0) is 4.79 Å². The van der Waals surface area contributed by atoms with Gasteiger partial charge in [-0.05, 0) is 30.9 Å². The number of hydrogen-bond acceptors (Lipinski definition) is 3. The molecule has 0 aromatic carbocycles. The molecule has 2 N–H and O–H groups in total. The molecule has 5 nitrogen and oxygen atoms in total. The molecule has 122 valence electrons. The van der Waals surface area contributed by atoms with E-state index in [0.29, 0.717) is 0 Å². The molecule has 1 aromatic heterocycles. The molecule has 5 heteroatoms. The number of rotatable bonds is 5. The molecule has 0 bridgehead atoms. The third kappa shape index (κ3) is 4.61. The molecule has 1 aromatic rings. The number of hydrogen-bond donors (Lipinski definition) is 2. The van der Waals surface area contributed by atoms with Gasteiger partial charge in [-0.2, -0.15) is 0 Å². The van der Waals surface area contributed by atoms with Crippen LogP contribution in [0.4, 0.5) is 0 Å². The third-order valence-corrected chi connectivity index (χ3v) is 4.18. The van der Waals surface area contributed by atoms with Crippen LogP contribution in [-0.4, -0.2) is 23.9 Å². The Morgan fingerprint density at radius 1 is 1.18 bits per heavy atom. The molecular formula is C17H26N2O3. The molecule has 0 unspecified atom stereocenters. The van der Waals surface area contributed by atoms with Crippen LogP contribution >= 0.6 is 0 Å². The highest BCUT2D eigenvalue weighted by Gasteiger charge is 2.27. The zero-order valence-corrected chi connectivity index (χ0v) is 13.4. The number of amides is 2. The Morgan fingerprint density at radius 3 is 2.41 bits per heavy atom. The van der Waals surface area contributed by atoms with Gasteiger partial charge >= 0.3 is 0 Å². The molecule has 2 rings (SSSR count). The molecule has 1 heterocycles. The Kier molecular flexibility index (Phi) is 6.04. The number of furan rings is 1. The summed E-state index contributed by atoms with van der Waals surface area (Å²) in [5, 5.41) is 5.89. The normalized spacial score (nSPS) is 17.8. The minimum atomic E-state index is -0.541. The summed E-state index contributed by atoms with van der Waals surface area (Å²) in [6.07, 6.45) is 8.33. The van der Waals surface area contributed by atoms with Gasteiger partial charge < -0.3 is 15.1 Å². The molecule has 1 saturated carbocycles. The smallest absolute Gasteiger partial charge is 0.287 e. The van der Waals surface area contributed by atoms with Crippen molar-refractivity contribution in [3.63, 3.8) is 0 Å². The van der Waals surface area contributed by atoms with Crippen molar-refractivity contribution in [2.75, 3.05) is 0 Å². The lowest BCUT2D eigenvalue weighted by atomic mass is 10.0. The van der Waals surface area contributed by atoms with Crippen LogP contribution in [0.5, 0.6) is 0 Å². The Balaban J connectivity index is 1.94. The lowest BCUT2D eigenvalue weighted by Gasteiger charge is -2.24. The van der Waals surface area contributed by atoms with Gasteiger partial charge in [-0.1, -0.05) is 39.5 Å². The lowest BCUT2D eigenvalue weighted by molar-refractivity contribution is -0.124. The van der Waals surface area contributed by atoms with Crippen LogP contribution < -0.4 is 10.6 Å². The molecule has 0 saturated heterocycles. The molecule has 1 aliphatic carbocycles. The minimum absolute atomic E-state index is 0.0182. The highest BCUT2D eigenvalue weighted by Crippen LogP contribution is 2.17. The van der Waals surface area contributed by atoms with Crippen LogP contribution in [0.1, 0.15) is 62.9 Å². The van der Waals surface area contributed by atoms with Gasteiger partial charge in [-0.3, -0.25) is 9.59 Å². The SMILES string of the molecule is CC(C)[C@@H](NC(=O)c1ccco1)C(=O)NC1CCCCCC1. The second kappa shape index (κ2) is 8.01. The maximum Gasteiger partial charge on any atom is 0.287 e. The largest absolute Gasteiger partial charge is 0.459 e. The Hall–Kier alpha value is -1.78. The van der Waals surface area contributed by atoms with E-state index in [2.05, 4.69) is 10.6 Å². The first-order valence-electron chi connectivity index (χ1n) is 8.22. The van der Waals surface area contributed by atoms with E-state index in [1.807, 2.05) is 13.8 Å². The van der Waals surface area contributed by atoms with Gasteiger partial charge in [0.05, 0.1) is 6.26 Å². The molecule has 0 radical (unpaired) electrons. The first-order chi connectivity index (χ1) is 10.6. The van der Waals surface area contributed by atoms with Gasteiger partial charge in [0, 0.05) is 6.04 Å². The summed E-state index contributed by atoms with van der Waals surface area (Å²) in [7, 11) is 0. The van der Waals surface area contributed by atoms with Gasteiger partial charge in [-0.15, -0.1) is 0 Å². The average Bonchev–Trinajstić information content (AvgIpc) is 2.90. The van der Waals surface area contributed by atoms with Gasteiger partial charge in [0.25, 0.3) is 5.91 Å². The van der Waals surface area contributed by atoms with Gasteiger partial charge in [0.1, 0.15) is 6.04 Å². The quantitative estimate of drug-likeness (QED) is 0.822. The van der Waals surface area contributed by atoms with E-state index in [-0.39, 0.29) is 29.5 Å². The molecule has 1 atom stereocenters. The van der Waals surface area contributed by atoms with Crippen LogP contribution in [0.3, 0.4) is 0 Å². The number of nitrogens with one attached hydrogen (secondary N) is 2. The summed E-state index contributed by atoms with van der Waals surface area (Å²) in [6, 6.07) is 2.94. The number of carbonyl (C=O) groups excluding carboxylic acids is 2.